The molecule has 3 nitrogen and oxygen atoms in total. The van der Waals surface area contributed by atoms with Crippen molar-refractivity contribution in [2.24, 2.45) is 0 Å². The molecule has 0 atom stereocenters. The lowest BCUT2D eigenvalue weighted by molar-refractivity contribution is 0.453. The molecule has 0 spiro atoms. The van der Waals surface area contributed by atoms with Gasteiger partial charge in [0.25, 0.3) is 5.22 Å². The average Bonchev–Trinajstić information content (AvgIpc) is 2.71. The van der Waals surface area contributed by atoms with E-state index < -0.39 is 5.82 Å². The summed E-state index contributed by atoms with van der Waals surface area (Å²) >= 11 is 4.12. The quantitative estimate of drug-likeness (QED) is 0.843. The number of aryl methyl sites for hydroxylation is 1. The van der Waals surface area contributed by atoms with E-state index in [1.807, 2.05) is 6.07 Å². The predicted molar refractivity (Wildman–Crippen MR) is 64.2 cm³/mol. The van der Waals surface area contributed by atoms with Gasteiger partial charge in [-0.2, -0.15) is 5.26 Å². The highest BCUT2D eigenvalue weighted by Gasteiger charge is 2.14. The third-order valence-electron chi connectivity index (χ3n) is 1.96. The minimum absolute atomic E-state index is 0.160. The molecule has 2 aromatic rings. The Labute approximate surface area is 110 Å². The number of nitrogens with zero attached hydrogens (tertiary/aromatic N) is 2. The fraction of sp³-hybridized carbons (Fsp3) is 0.0909. The number of nitriles is 1. The Morgan fingerprint density at radius 3 is 2.88 bits per heavy atom. The average molecular weight is 313 g/mol. The minimum Gasteiger partial charge on any atom is -0.439 e. The monoisotopic (exact) mass is 312 g/mol. The van der Waals surface area contributed by atoms with Crippen LogP contribution in [0.5, 0.6) is 0 Å². The van der Waals surface area contributed by atoms with Gasteiger partial charge >= 0.3 is 0 Å². The first kappa shape index (κ1) is 12.1. The highest BCUT2D eigenvalue weighted by atomic mass is 79.9. The summed E-state index contributed by atoms with van der Waals surface area (Å²) in [6.45, 7) is 1.79. The maximum absolute atomic E-state index is 13.9. The van der Waals surface area contributed by atoms with Crippen LogP contribution in [0.15, 0.2) is 37.4 Å². The highest BCUT2D eigenvalue weighted by molar-refractivity contribution is 9.10. The van der Waals surface area contributed by atoms with E-state index in [1.165, 1.54) is 12.3 Å². The SMILES string of the molecule is Cc1coc(Sc2ccc(C#N)c(Br)c2F)n1. The molecule has 0 aliphatic heterocycles. The van der Waals surface area contributed by atoms with E-state index in [-0.39, 0.29) is 10.0 Å². The molecule has 0 radical (unpaired) electrons. The van der Waals surface area contributed by atoms with Gasteiger partial charge in [-0.1, -0.05) is 0 Å². The summed E-state index contributed by atoms with van der Waals surface area (Å²) in [6, 6.07) is 4.97. The maximum Gasteiger partial charge on any atom is 0.260 e. The molecule has 0 aliphatic rings. The number of hydrogen-bond donors (Lipinski definition) is 0. The van der Waals surface area contributed by atoms with Crippen molar-refractivity contribution in [3.8, 4) is 6.07 Å². The molecule has 0 amide bonds. The van der Waals surface area contributed by atoms with Crippen LogP contribution >= 0.6 is 27.7 Å². The van der Waals surface area contributed by atoms with E-state index in [1.54, 1.807) is 13.0 Å². The Bertz CT molecular complexity index is 606. The van der Waals surface area contributed by atoms with Crippen molar-refractivity contribution < 1.29 is 8.81 Å². The molecule has 1 aromatic carbocycles. The van der Waals surface area contributed by atoms with E-state index >= 15 is 0 Å². The van der Waals surface area contributed by atoms with Gasteiger partial charge in [0, 0.05) is 0 Å². The summed E-state index contributed by atoms with van der Waals surface area (Å²) in [7, 11) is 0. The van der Waals surface area contributed by atoms with Crippen molar-refractivity contribution in [1.29, 1.82) is 5.26 Å². The zero-order chi connectivity index (χ0) is 12.4. The molecule has 0 N–H and O–H groups in total. The van der Waals surface area contributed by atoms with Crippen LogP contribution in [0.4, 0.5) is 4.39 Å². The zero-order valence-corrected chi connectivity index (χ0v) is 11.1. The molecule has 17 heavy (non-hydrogen) atoms. The fourth-order valence-corrected chi connectivity index (χ4v) is 2.54. The van der Waals surface area contributed by atoms with Crippen molar-refractivity contribution in [3.63, 3.8) is 0 Å². The van der Waals surface area contributed by atoms with Crippen LogP contribution in [0, 0.1) is 24.1 Å². The van der Waals surface area contributed by atoms with Gasteiger partial charge in [0.05, 0.1) is 20.6 Å². The van der Waals surface area contributed by atoms with Crippen molar-refractivity contribution in [2.75, 3.05) is 0 Å². The van der Waals surface area contributed by atoms with Crippen LogP contribution in [0.3, 0.4) is 0 Å². The van der Waals surface area contributed by atoms with E-state index in [4.69, 9.17) is 9.68 Å². The first-order chi connectivity index (χ1) is 8.11. The molecule has 86 valence electrons. The van der Waals surface area contributed by atoms with Gasteiger partial charge in [0.15, 0.2) is 5.82 Å². The lowest BCUT2D eigenvalue weighted by atomic mass is 10.2. The van der Waals surface area contributed by atoms with Crippen LogP contribution in [0.25, 0.3) is 0 Å². The van der Waals surface area contributed by atoms with Crippen LogP contribution in [0.1, 0.15) is 11.3 Å². The van der Waals surface area contributed by atoms with Gasteiger partial charge in [-0.05, 0) is 46.7 Å². The zero-order valence-electron chi connectivity index (χ0n) is 8.70. The number of halogens is 2. The summed E-state index contributed by atoms with van der Waals surface area (Å²) in [6.07, 6.45) is 1.50. The molecule has 1 aromatic heterocycles. The maximum atomic E-state index is 13.9. The van der Waals surface area contributed by atoms with Crippen LogP contribution in [-0.4, -0.2) is 4.98 Å². The third-order valence-corrected chi connectivity index (χ3v) is 3.64. The number of hydrogen-bond acceptors (Lipinski definition) is 4. The second kappa shape index (κ2) is 4.90. The first-order valence-electron chi connectivity index (χ1n) is 4.60. The fourth-order valence-electron chi connectivity index (χ4n) is 1.17. The van der Waals surface area contributed by atoms with Crippen LogP contribution < -0.4 is 0 Å². The molecule has 0 bridgehead atoms. The van der Waals surface area contributed by atoms with E-state index in [2.05, 4.69) is 20.9 Å². The number of benzene rings is 1. The van der Waals surface area contributed by atoms with Crippen molar-refractivity contribution in [3.05, 3.63) is 39.9 Å². The molecule has 0 fully saturated rings. The molecule has 6 heteroatoms. The third kappa shape index (κ3) is 2.51. The van der Waals surface area contributed by atoms with Crippen LogP contribution in [0.2, 0.25) is 0 Å². The smallest absolute Gasteiger partial charge is 0.260 e. The lowest BCUT2D eigenvalue weighted by Gasteiger charge is -2.02. The lowest BCUT2D eigenvalue weighted by Crippen LogP contribution is -1.87. The predicted octanol–water partition coefficient (Wildman–Crippen LogP) is 3.91. The minimum atomic E-state index is -0.482. The second-order valence-corrected chi connectivity index (χ2v) is 4.99. The first-order valence-corrected chi connectivity index (χ1v) is 6.21. The molecule has 0 saturated carbocycles. The highest BCUT2D eigenvalue weighted by Crippen LogP contribution is 2.33. The van der Waals surface area contributed by atoms with Crippen molar-refractivity contribution in [2.45, 2.75) is 17.0 Å². The van der Waals surface area contributed by atoms with E-state index in [9.17, 15) is 4.39 Å². The standard InChI is InChI=1S/C11H6BrFN2OS/c1-6-5-16-11(15-6)17-8-3-2-7(4-14)9(12)10(8)13/h2-3,5H,1H3. The molecular weight excluding hydrogens is 307 g/mol. The topological polar surface area (TPSA) is 49.8 Å². The van der Waals surface area contributed by atoms with Gasteiger partial charge in [0.2, 0.25) is 0 Å². The number of oxazole rings is 1. The van der Waals surface area contributed by atoms with E-state index in [0.717, 1.165) is 17.5 Å². The Kier molecular flexibility index (Phi) is 3.50. The Hall–Kier alpha value is -1.32. The molecule has 1 heterocycles. The van der Waals surface area contributed by atoms with Gasteiger partial charge < -0.3 is 4.42 Å². The van der Waals surface area contributed by atoms with Gasteiger partial charge in [-0.25, -0.2) is 9.37 Å². The molecular formula is C11H6BrFN2OS. The number of aromatic nitrogens is 1. The van der Waals surface area contributed by atoms with Crippen LogP contribution in [-0.2, 0) is 0 Å². The molecule has 2 rings (SSSR count). The van der Waals surface area contributed by atoms with Crippen molar-refractivity contribution >= 4 is 27.7 Å². The normalized spacial score (nSPS) is 10.2. The molecule has 0 unspecified atom stereocenters. The summed E-state index contributed by atoms with van der Waals surface area (Å²) in [5.41, 5.74) is 0.996. The summed E-state index contributed by atoms with van der Waals surface area (Å²) < 4.78 is 19.1. The summed E-state index contributed by atoms with van der Waals surface area (Å²) in [5, 5.41) is 9.12. The van der Waals surface area contributed by atoms with Gasteiger partial charge in [-0.3, -0.25) is 0 Å². The van der Waals surface area contributed by atoms with Gasteiger partial charge in [0.1, 0.15) is 12.3 Å². The Balaban J connectivity index is 2.35. The molecule has 0 saturated heterocycles. The van der Waals surface area contributed by atoms with Gasteiger partial charge in [-0.15, -0.1) is 0 Å². The van der Waals surface area contributed by atoms with Crippen molar-refractivity contribution in [1.82, 2.24) is 4.98 Å². The summed E-state index contributed by atoms with van der Waals surface area (Å²) in [5.74, 6) is -0.482. The summed E-state index contributed by atoms with van der Waals surface area (Å²) in [4.78, 5) is 4.43. The Morgan fingerprint density at radius 1 is 1.53 bits per heavy atom. The Morgan fingerprint density at radius 2 is 2.29 bits per heavy atom. The molecule has 0 aliphatic carbocycles. The van der Waals surface area contributed by atoms with E-state index in [0.29, 0.717) is 10.1 Å². The second-order valence-electron chi connectivity index (χ2n) is 3.21. The number of rotatable bonds is 2. The largest absolute Gasteiger partial charge is 0.439 e.